The minimum atomic E-state index is -0.348. The Morgan fingerprint density at radius 3 is 2.53 bits per heavy atom. The van der Waals surface area contributed by atoms with Crippen LogP contribution in [0.25, 0.3) is 11.2 Å². The summed E-state index contributed by atoms with van der Waals surface area (Å²) in [5.41, 5.74) is 2.78. The molecule has 0 atom stereocenters. The Labute approximate surface area is 190 Å². The van der Waals surface area contributed by atoms with E-state index < -0.39 is 0 Å². The topological polar surface area (TPSA) is 75.9 Å². The van der Waals surface area contributed by atoms with Crippen LogP contribution in [0.1, 0.15) is 43.1 Å². The minimum absolute atomic E-state index is 0.107. The summed E-state index contributed by atoms with van der Waals surface area (Å²) in [6, 6.07) is 14.3. The fraction of sp³-hybridized carbons (Fsp3) is 0.292. The third-order valence-corrected chi connectivity index (χ3v) is 6.16. The molecule has 0 spiro atoms. The van der Waals surface area contributed by atoms with Crippen LogP contribution in [-0.2, 0) is 6.42 Å². The smallest absolute Gasteiger partial charge is 0.210 e. The van der Waals surface area contributed by atoms with Gasteiger partial charge in [0.15, 0.2) is 5.65 Å². The molecule has 2 N–H and O–H groups in total. The molecule has 2 aromatic carbocycles. The summed E-state index contributed by atoms with van der Waals surface area (Å²) in [6.07, 6.45) is 5.04. The van der Waals surface area contributed by atoms with Crippen molar-refractivity contribution in [2.45, 2.75) is 44.2 Å². The number of anilines is 2. The Kier molecular flexibility index (Phi) is 5.76. The van der Waals surface area contributed by atoms with Crippen LogP contribution in [0.3, 0.4) is 0 Å². The maximum Gasteiger partial charge on any atom is 0.210 e. The van der Waals surface area contributed by atoms with Crippen molar-refractivity contribution in [1.82, 2.24) is 19.5 Å². The second kappa shape index (κ2) is 8.84. The van der Waals surface area contributed by atoms with Gasteiger partial charge in [0.25, 0.3) is 0 Å². The summed E-state index contributed by atoms with van der Waals surface area (Å²) < 4.78 is 16.4. The van der Waals surface area contributed by atoms with Crippen molar-refractivity contribution in [2.24, 2.45) is 0 Å². The van der Waals surface area contributed by atoms with Gasteiger partial charge in [-0.1, -0.05) is 35.9 Å². The number of rotatable bonds is 5. The molecule has 1 saturated carbocycles. The molecule has 2 heterocycles. The Bertz CT molecular complexity index is 1240. The summed E-state index contributed by atoms with van der Waals surface area (Å²) in [5.74, 6) is 0.860. The first kappa shape index (κ1) is 20.8. The van der Waals surface area contributed by atoms with Crippen LogP contribution in [0.4, 0.5) is 16.0 Å². The molecule has 0 aliphatic heterocycles. The van der Waals surface area contributed by atoms with Crippen LogP contribution in [-0.4, -0.2) is 30.7 Å². The molecular weight excluding hydrogens is 429 g/mol. The number of hydrogen-bond acceptors (Lipinski definition) is 5. The quantitative estimate of drug-likeness (QED) is 0.423. The summed E-state index contributed by atoms with van der Waals surface area (Å²) in [5, 5.41) is 13.8. The number of halogens is 2. The largest absolute Gasteiger partial charge is 0.393 e. The molecular formula is C24H23ClFN5O. The molecule has 0 bridgehead atoms. The standard InChI is InChI=1S/C24H23ClFN5O/c25-16-7-5-15(6-8-16)13-22-27-14-21-23(30-22)31(17-9-11-18(32)12-10-17)24(29-21)28-20-4-2-1-3-19(20)26/h1-8,14,17-18,32H,9-13H2,(H,28,29). The van der Waals surface area contributed by atoms with Crippen LogP contribution in [0.2, 0.25) is 5.02 Å². The first-order chi connectivity index (χ1) is 15.6. The highest BCUT2D eigenvalue weighted by Gasteiger charge is 2.26. The van der Waals surface area contributed by atoms with Crippen molar-refractivity contribution in [3.63, 3.8) is 0 Å². The molecule has 1 aliphatic carbocycles. The molecule has 5 rings (SSSR count). The first-order valence-corrected chi connectivity index (χ1v) is 11.1. The highest BCUT2D eigenvalue weighted by atomic mass is 35.5. The zero-order valence-corrected chi connectivity index (χ0v) is 18.1. The number of nitrogens with zero attached hydrogens (tertiary/aromatic N) is 4. The van der Waals surface area contributed by atoms with Gasteiger partial charge in [-0.2, -0.15) is 0 Å². The molecule has 0 amide bonds. The summed E-state index contributed by atoms with van der Waals surface area (Å²) in [6.45, 7) is 0. The molecule has 32 heavy (non-hydrogen) atoms. The van der Waals surface area contributed by atoms with Crippen molar-refractivity contribution >= 4 is 34.4 Å². The SMILES string of the molecule is OC1CCC(n2c(Nc3ccccc3F)nc3cnc(Cc4ccc(Cl)cc4)nc32)CC1. The third kappa shape index (κ3) is 4.31. The van der Waals surface area contributed by atoms with Gasteiger partial charge in [0.05, 0.1) is 18.0 Å². The highest BCUT2D eigenvalue weighted by molar-refractivity contribution is 6.30. The van der Waals surface area contributed by atoms with Gasteiger partial charge in [0.1, 0.15) is 17.2 Å². The van der Waals surface area contributed by atoms with Crippen LogP contribution < -0.4 is 5.32 Å². The minimum Gasteiger partial charge on any atom is -0.393 e. The maximum absolute atomic E-state index is 14.3. The van der Waals surface area contributed by atoms with E-state index in [0.29, 0.717) is 52.9 Å². The number of nitrogens with one attached hydrogen (secondary N) is 1. The van der Waals surface area contributed by atoms with Gasteiger partial charge in [0, 0.05) is 17.5 Å². The van der Waals surface area contributed by atoms with E-state index >= 15 is 0 Å². The molecule has 2 aromatic heterocycles. The molecule has 6 nitrogen and oxygen atoms in total. The number of aromatic nitrogens is 4. The van der Waals surface area contributed by atoms with Crippen LogP contribution in [0.5, 0.6) is 0 Å². The lowest BCUT2D eigenvalue weighted by Gasteiger charge is -2.28. The van der Waals surface area contributed by atoms with Crippen molar-refractivity contribution in [2.75, 3.05) is 5.32 Å². The van der Waals surface area contributed by atoms with E-state index in [9.17, 15) is 9.50 Å². The number of aliphatic hydroxyl groups excluding tert-OH is 1. The zero-order valence-electron chi connectivity index (χ0n) is 17.4. The van der Waals surface area contributed by atoms with E-state index in [1.807, 2.05) is 28.8 Å². The molecule has 0 unspecified atom stereocenters. The first-order valence-electron chi connectivity index (χ1n) is 10.7. The van der Waals surface area contributed by atoms with Gasteiger partial charge in [0.2, 0.25) is 5.95 Å². The predicted molar refractivity (Wildman–Crippen MR) is 123 cm³/mol. The van der Waals surface area contributed by atoms with E-state index in [1.54, 1.807) is 24.4 Å². The lowest BCUT2D eigenvalue weighted by atomic mass is 9.93. The van der Waals surface area contributed by atoms with E-state index in [4.69, 9.17) is 16.6 Å². The predicted octanol–water partition coefficient (Wildman–Crippen LogP) is 5.43. The van der Waals surface area contributed by atoms with Crippen LogP contribution in [0.15, 0.2) is 54.7 Å². The number of para-hydroxylation sites is 1. The molecule has 4 aromatic rings. The Morgan fingerprint density at radius 2 is 1.78 bits per heavy atom. The van der Waals surface area contributed by atoms with Gasteiger partial charge < -0.3 is 10.4 Å². The maximum atomic E-state index is 14.3. The van der Waals surface area contributed by atoms with Crippen molar-refractivity contribution in [3.05, 3.63) is 77.0 Å². The average Bonchev–Trinajstić information content (AvgIpc) is 3.15. The van der Waals surface area contributed by atoms with Crippen LogP contribution >= 0.6 is 11.6 Å². The molecule has 8 heteroatoms. The zero-order chi connectivity index (χ0) is 22.1. The van der Waals surface area contributed by atoms with Crippen molar-refractivity contribution < 1.29 is 9.50 Å². The van der Waals surface area contributed by atoms with E-state index in [1.165, 1.54) is 6.07 Å². The molecule has 1 fully saturated rings. The molecule has 0 radical (unpaired) electrons. The summed E-state index contributed by atoms with van der Waals surface area (Å²) in [7, 11) is 0. The molecule has 164 valence electrons. The van der Waals surface area contributed by atoms with E-state index in [2.05, 4.69) is 15.3 Å². The lowest BCUT2D eigenvalue weighted by molar-refractivity contribution is 0.112. The fourth-order valence-corrected chi connectivity index (χ4v) is 4.36. The van der Waals surface area contributed by atoms with Gasteiger partial charge in [-0.15, -0.1) is 0 Å². The number of aliphatic hydroxyl groups is 1. The van der Waals surface area contributed by atoms with E-state index in [0.717, 1.165) is 18.4 Å². The monoisotopic (exact) mass is 451 g/mol. The van der Waals surface area contributed by atoms with Crippen LogP contribution in [0, 0.1) is 5.82 Å². The summed E-state index contributed by atoms with van der Waals surface area (Å²) in [4.78, 5) is 14.0. The second-order valence-electron chi connectivity index (χ2n) is 8.17. The lowest BCUT2D eigenvalue weighted by Crippen LogP contribution is -2.22. The van der Waals surface area contributed by atoms with Crippen molar-refractivity contribution in [1.29, 1.82) is 0 Å². The molecule has 1 aliphatic rings. The summed E-state index contributed by atoms with van der Waals surface area (Å²) >= 11 is 6.00. The highest BCUT2D eigenvalue weighted by Crippen LogP contribution is 2.35. The van der Waals surface area contributed by atoms with Crippen molar-refractivity contribution in [3.8, 4) is 0 Å². The van der Waals surface area contributed by atoms with E-state index in [-0.39, 0.29) is 18.0 Å². The number of benzene rings is 2. The Morgan fingerprint density at radius 1 is 1.03 bits per heavy atom. The number of hydrogen-bond donors (Lipinski definition) is 2. The third-order valence-electron chi connectivity index (χ3n) is 5.91. The Hall–Kier alpha value is -3.03. The van der Waals surface area contributed by atoms with Gasteiger partial charge in [-0.25, -0.2) is 19.3 Å². The average molecular weight is 452 g/mol. The number of imidazole rings is 1. The van der Waals surface area contributed by atoms with Gasteiger partial charge in [-0.3, -0.25) is 4.57 Å². The van der Waals surface area contributed by atoms with Gasteiger partial charge in [-0.05, 0) is 55.5 Å². The fourth-order valence-electron chi connectivity index (χ4n) is 4.23. The van der Waals surface area contributed by atoms with Gasteiger partial charge >= 0.3 is 0 Å². The normalized spacial score (nSPS) is 18.7. The number of fused-ring (bicyclic) bond motifs is 1. The molecule has 0 saturated heterocycles. The second-order valence-corrected chi connectivity index (χ2v) is 8.61. The Balaban J connectivity index is 1.55.